The minimum Gasteiger partial charge on any atom is -0.327 e. The minimum absolute atomic E-state index is 0.119. The quantitative estimate of drug-likeness (QED) is 0.216. The molecule has 42 heavy (non-hydrogen) atoms. The summed E-state index contributed by atoms with van der Waals surface area (Å²) >= 11 is 0. The van der Waals surface area contributed by atoms with E-state index in [9.17, 15) is 0 Å². The summed E-state index contributed by atoms with van der Waals surface area (Å²) in [6.07, 6.45) is 5.04. The number of benzene rings is 2. The lowest BCUT2D eigenvalue weighted by atomic mass is 9.87. The van der Waals surface area contributed by atoms with Crippen LogP contribution in [0.1, 0.15) is 104 Å². The normalized spacial score (nSPS) is 18.7. The molecule has 2 atom stereocenters. The largest absolute Gasteiger partial charge is 0.327 e. The first-order valence-electron chi connectivity index (χ1n) is 16.2. The zero-order valence-corrected chi connectivity index (χ0v) is 28.0. The fourth-order valence-electron chi connectivity index (χ4n) is 7.04. The van der Waals surface area contributed by atoms with E-state index in [4.69, 9.17) is 9.97 Å². The van der Waals surface area contributed by atoms with Crippen molar-refractivity contribution in [1.29, 1.82) is 0 Å². The Kier molecular flexibility index (Phi) is 8.61. The molecule has 2 aromatic carbocycles. The molecule has 1 fully saturated rings. The number of aromatic nitrogens is 4. The third kappa shape index (κ3) is 6.03. The Morgan fingerprint density at radius 1 is 0.667 bits per heavy atom. The van der Waals surface area contributed by atoms with Gasteiger partial charge in [0.15, 0.2) is 0 Å². The standard InChI is InChI=1S/C36H54N6/c1-11-41-29-19-17-25(35(3,4)5)21-27(29)37-33(41)23-39(9)31-15-13-14-16-32(31)40(10)24-34-38-28-22-26(36(6,7)8)18-20-30(28)42(34)12-2/h17-22,31-32H,11-16,23-24H2,1-10H3. The lowest BCUT2D eigenvalue weighted by Gasteiger charge is -2.42. The summed E-state index contributed by atoms with van der Waals surface area (Å²) in [6, 6.07) is 14.7. The van der Waals surface area contributed by atoms with Gasteiger partial charge in [0.1, 0.15) is 11.6 Å². The van der Waals surface area contributed by atoms with Crippen molar-refractivity contribution in [2.75, 3.05) is 14.1 Å². The van der Waals surface area contributed by atoms with Crippen molar-refractivity contribution >= 4 is 22.1 Å². The van der Waals surface area contributed by atoms with E-state index in [1.54, 1.807) is 0 Å². The number of rotatable bonds is 8. The SMILES string of the molecule is CCn1c(CN(C)C2CCCCC2N(C)Cc2nc3cc(C(C)(C)C)ccc3n2CC)nc2cc(C(C)(C)C)ccc21. The van der Waals surface area contributed by atoms with Gasteiger partial charge in [-0.1, -0.05) is 66.5 Å². The molecule has 4 aromatic rings. The zero-order valence-electron chi connectivity index (χ0n) is 28.0. The summed E-state index contributed by atoms with van der Waals surface area (Å²) in [7, 11) is 4.62. The maximum Gasteiger partial charge on any atom is 0.124 e. The third-order valence-electron chi connectivity index (χ3n) is 9.63. The van der Waals surface area contributed by atoms with Gasteiger partial charge in [-0.2, -0.15) is 0 Å². The molecule has 1 aliphatic carbocycles. The summed E-state index contributed by atoms with van der Waals surface area (Å²) in [5.41, 5.74) is 7.67. The van der Waals surface area contributed by atoms with Crippen molar-refractivity contribution in [1.82, 2.24) is 28.9 Å². The Bertz CT molecular complexity index is 1410. The smallest absolute Gasteiger partial charge is 0.124 e. The molecule has 228 valence electrons. The van der Waals surface area contributed by atoms with Gasteiger partial charge in [-0.3, -0.25) is 9.80 Å². The average Bonchev–Trinajstić information content (AvgIpc) is 3.47. The van der Waals surface area contributed by atoms with E-state index in [2.05, 4.69) is 125 Å². The summed E-state index contributed by atoms with van der Waals surface area (Å²) in [6.45, 7) is 21.7. The number of nitrogens with zero attached hydrogens (tertiary/aromatic N) is 6. The number of aryl methyl sites for hydroxylation is 2. The highest BCUT2D eigenvalue weighted by atomic mass is 15.3. The molecule has 0 saturated heterocycles. The molecule has 0 amide bonds. The van der Waals surface area contributed by atoms with Crippen molar-refractivity contribution in [2.45, 2.75) is 130 Å². The predicted molar refractivity (Wildman–Crippen MR) is 177 cm³/mol. The Morgan fingerprint density at radius 2 is 1.05 bits per heavy atom. The molecule has 2 aromatic heterocycles. The molecule has 0 N–H and O–H groups in total. The average molecular weight is 571 g/mol. The number of fused-ring (bicyclic) bond motifs is 2. The Hall–Kier alpha value is -2.70. The summed E-state index contributed by atoms with van der Waals surface area (Å²) in [4.78, 5) is 15.6. The lowest BCUT2D eigenvalue weighted by molar-refractivity contribution is 0.0656. The van der Waals surface area contributed by atoms with Crippen molar-refractivity contribution in [2.24, 2.45) is 0 Å². The second-order valence-electron chi connectivity index (χ2n) is 14.7. The highest BCUT2D eigenvalue weighted by Gasteiger charge is 2.33. The molecule has 0 bridgehead atoms. The first-order valence-corrected chi connectivity index (χ1v) is 16.2. The first kappa shape index (κ1) is 30.7. The fourth-order valence-corrected chi connectivity index (χ4v) is 7.04. The molecule has 2 unspecified atom stereocenters. The number of hydrogen-bond donors (Lipinski definition) is 0. The molecule has 6 heteroatoms. The van der Waals surface area contributed by atoms with Gasteiger partial charge in [0.2, 0.25) is 0 Å². The van der Waals surface area contributed by atoms with Crippen LogP contribution in [0.25, 0.3) is 22.1 Å². The van der Waals surface area contributed by atoms with Gasteiger partial charge < -0.3 is 9.13 Å². The minimum atomic E-state index is 0.119. The first-order chi connectivity index (χ1) is 19.8. The van der Waals surface area contributed by atoms with Crippen LogP contribution in [0.5, 0.6) is 0 Å². The van der Waals surface area contributed by atoms with E-state index in [1.807, 2.05) is 0 Å². The van der Waals surface area contributed by atoms with Crippen molar-refractivity contribution in [3.8, 4) is 0 Å². The molecule has 5 rings (SSSR count). The van der Waals surface area contributed by atoms with Gasteiger partial charge in [0, 0.05) is 25.2 Å². The molecule has 0 radical (unpaired) electrons. The lowest BCUT2D eigenvalue weighted by Crippen LogP contribution is -2.50. The van der Waals surface area contributed by atoms with Crippen LogP contribution in [0.2, 0.25) is 0 Å². The zero-order chi connectivity index (χ0) is 30.4. The van der Waals surface area contributed by atoms with E-state index >= 15 is 0 Å². The van der Waals surface area contributed by atoms with Crippen LogP contribution in [0.4, 0.5) is 0 Å². The van der Waals surface area contributed by atoms with E-state index in [1.165, 1.54) is 59.5 Å². The van der Waals surface area contributed by atoms with Crippen LogP contribution in [0.15, 0.2) is 36.4 Å². The van der Waals surface area contributed by atoms with Gasteiger partial charge in [0.05, 0.1) is 35.2 Å². The van der Waals surface area contributed by atoms with Crippen LogP contribution in [0, 0.1) is 0 Å². The van der Waals surface area contributed by atoms with Crippen LogP contribution >= 0.6 is 0 Å². The van der Waals surface area contributed by atoms with E-state index in [-0.39, 0.29) is 10.8 Å². The molecule has 6 nitrogen and oxygen atoms in total. The van der Waals surface area contributed by atoms with Crippen LogP contribution in [-0.4, -0.2) is 55.1 Å². The van der Waals surface area contributed by atoms with Gasteiger partial charge in [-0.25, -0.2) is 9.97 Å². The topological polar surface area (TPSA) is 42.1 Å². The Balaban J connectivity index is 1.38. The number of hydrogen-bond acceptors (Lipinski definition) is 4. The summed E-state index contributed by atoms with van der Waals surface area (Å²) < 4.78 is 4.82. The second-order valence-corrected chi connectivity index (χ2v) is 14.7. The molecule has 0 spiro atoms. The molecular weight excluding hydrogens is 516 g/mol. The highest BCUT2D eigenvalue weighted by Crippen LogP contribution is 2.31. The summed E-state index contributed by atoms with van der Waals surface area (Å²) in [5.74, 6) is 2.35. The predicted octanol–water partition coefficient (Wildman–Crippen LogP) is 7.90. The van der Waals surface area contributed by atoms with Crippen molar-refractivity contribution in [3.05, 3.63) is 59.2 Å². The Labute approximate surface area is 254 Å². The van der Waals surface area contributed by atoms with Gasteiger partial charge >= 0.3 is 0 Å². The summed E-state index contributed by atoms with van der Waals surface area (Å²) in [5, 5.41) is 0. The van der Waals surface area contributed by atoms with Crippen LogP contribution < -0.4 is 0 Å². The molecule has 1 saturated carbocycles. The van der Waals surface area contributed by atoms with Crippen molar-refractivity contribution < 1.29 is 0 Å². The van der Waals surface area contributed by atoms with Gasteiger partial charge in [0.25, 0.3) is 0 Å². The molecule has 0 aliphatic heterocycles. The third-order valence-corrected chi connectivity index (χ3v) is 9.63. The number of likely N-dealkylation sites (N-methyl/N-ethyl adjacent to an activating group) is 2. The maximum absolute atomic E-state index is 5.20. The van der Waals surface area contributed by atoms with Crippen molar-refractivity contribution in [3.63, 3.8) is 0 Å². The van der Waals surface area contributed by atoms with E-state index in [0.717, 1.165) is 37.2 Å². The molecule has 1 aliphatic rings. The molecule has 2 heterocycles. The van der Waals surface area contributed by atoms with Gasteiger partial charge in [-0.15, -0.1) is 0 Å². The monoisotopic (exact) mass is 570 g/mol. The fraction of sp³-hybridized carbons (Fsp3) is 0.611. The van der Waals surface area contributed by atoms with Crippen LogP contribution in [-0.2, 0) is 37.0 Å². The highest BCUT2D eigenvalue weighted by molar-refractivity contribution is 5.78. The van der Waals surface area contributed by atoms with E-state index < -0.39 is 0 Å². The maximum atomic E-state index is 5.20. The van der Waals surface area contributed by atoms with Crippen LogP contribution in [0.3, 0.4) is 0 Å². The van der Waals surface area contributed by atoms with E-state index in [0.29, 0.717) is 12.1 Å². The molecular formula is C36H54N6. The van der Waals surface area contributed by atoms with Gasteiger partial charge in [-0.05, 0) is 87.0 Å². The number of imidazole rings is 2. The second kappa shape index (κ2) is 11.8. The Morgan fingerprint density at radius 3 is 1.38 bits per heavy atom.